The van der Waals surface area contributed by atoms with Crippen molar-refractivity contribution in [1.29, 1.82) is 0 Å². The number of allylic oxidation sites excluding steroid dienone is 1. The maximum atomic E-state index is 12.2. The second-order valence-electron chi connectivity index (χ2n) is 2.75. The number of aliphatic imine (C=N–C) groups is 1. The van der Waals surface area contributed by atoms with Gasteiger partial charge in [0.1, 0.15) is 0 Å². The highest BCUT2D eigenvalue weighted by molar-refractivity contribution is 5.98. The van der Waals surface area contributed by atoms with E-state index >= 15 is 0 Å². The van der Waals surface area contributed by atoms with Crippen LogP contribution in [0.2, 0.25) is 0 Å². The van der Waals surface area contributed by atoms with Crippen LogP contribution in [0.15, 0.2) is 29.7 Å². The van der Waals surface area contributed by atoms with Crippen LogP contribution in [0.3, 0.4) is 0 Å². The highest BCUT2D eigenvalue weighted by Crippen LogP contribution is 2.10. The van der Waals surface area contributed by atoms with Gasteiger partial charge in [-0.05, 0) is 25.0 Å². The summed E-state index contributed by atoms with van der Waals surface area (Å²) < 4.78 is 12.2. The van der Waals surface area contributed by atoms with E-state index in [1.165, 1.54) is 0 Å². The first-order valence-electron chi connectivity index (χ1n) is 3.54. The van der Waals surface area contributed by atoms with Crippen molar-refractivity contribution in [1.82, 2.24) is 0 Å². The highest BCUT2D eigenvalue weighted by Gasteiger charge is 2.03. The van der Waals surface area contributed by atoms with Gasteiger partial charge in [0, 0.05) is 5.71 Å². The molecule has 0 unspecified atom stereocenters. The second kappa shape index (κ2) is 5.63. The van der Waals surface area contributed by atoms with Gasteiger partial charge in [-0.2, -0.15) is 4.39 Å². The van der Waals surface area contributed by atoms with Crippen molar-refractivity contribution in [3.8, 4) is 0 Å². The zero-order valence-corrected chi connectivity index (χ0v) is 7.72. The van der Waals surface area contributed by atoms with Gasteiger partial charge in [0.2, 0.25) is 5.95 Å². The van der Waals surface area contributed by atoms with E-state index in [1.807, 2.05) is 13.8 Å². The SMILES string of the molecule is C=C(F)/N=C(/C)C(=C)C(C)C.F. The number of halogens is 2. The van der Waals surface area contributed by atoms with E-state index in [0.29, 0.717) is 11.6 Å². The van der Waals surface area contributed by atoms with Crippen LogP contribution in [0.1, 0.15) is 20.8 Å². The van der Waals surface area contributed by atoms with Gasteiger partial charge in [0.25, 0.3) is 0 Å². The Morgan fingerprint density at radius 1 is 1.33 bits per heavy atom. The van der Waals surface area contributed by atoms with Crippen LogP contribution in [-0.4, -0.2) is 5.71 Å². The molecule has 0 amide bonds. The average molecular weight is 175 g/mol. The summed E-state index contributed by atoms with van der Waals surface area (Å²) >= 11 is 0. The molecular weight excluding hydrogens is 160 g/mol. The third-order valence-electron chi connectivity index (χ3n) is 1.45. The van der Waals surface area contributed by atoms with Crippen molar-refractivity contribution in [3.05, 3.63) is 24.7 Å². The van der Waals surface area contributed by atoms with E-state index in [9.17, 15) is 4.39 Å². The highest BCUT2D eigenvalue weighted by atomic mass is 19.1. The zero-order chi connectivity index (χ0) is 9.02. The molecule has 70 valence electrons. The van der Waals surface area contributed by atoms with Crippen molar-refractivity contribution < 1.29 is 9.09 Å². The van der Waals surface area contributed by atoms with Crippen LogP contribution >= 0.6 is 0 Å². The summed E-state index contributed by atoms with van der Waals surface area (Å²) in [5, 5.41) is 0. The van der Waals surface area contributed by atoms with E-state index in [0.717, 1.165) is 5.57 Å². The topological polar surface area (TPSA) is 12.4 Å². The number of rotatable bonds is 3. The van der Waals surface area contributed by atoms with E-state index in [2.05, 4.69) is 18.2 Å². The van der Waals surface area contributed by atoms with Crippen LogP contribution in [-0.2, 0) is 0 Å². The molecule has 0 fully saturated rings. The third kappa shape index (κ3) is 4.77. The van der Waals surface area contributed by atoms with Crippen LogP contribution < -0.4 is 0 Å². The minimum Gasteiger partial charge on any atom is -0.269 e. The molecule has 0 radical (unpaired) electrons. The third-order valence-corrected chi connectivity index (χ3v) is 1.45. The Morgan fingerprint density at radius 2 is 1.75 bits per heavy atom. The molecule has 0 saturated carbocycles. The summed E-state index contributed by atoms with van der Waals surface area (Å²) in [6.07, 6.45) is 0. The summed E-state index contributed by atoms with van der Waals surface area (Å²) in [7, 11) is 0. The minimum atomic E-state index is -0.663. The van der Waals surface area contributed by atoms with Crippen molar-refractivity contribution in [2.45, 2.75) is 20.8 Å². The lowest BCUT2D eigenvalue weighted by atomic mass is 10.0. The van der Waals surface area contributed by atoms with E-state index < -0.39 is 5.95 Å². The van der Waals surface area contributed by atoms with Crippen molar-refractivity contribution in [2.24, 2.45) is 10.9 Å². The molecule has 3 heteroatoms. The Hall–Kier alpha value is -0.990. The number of hydrogen-bond acceptors (Lipinski definition) is 1. The van der Waals surface area contributed by atoms with Gasteiger partial charge in [-0.25, -0.2) is 4.99 Å². The molecule has 0 aliphatic heterocycles. The molecule has 0 aliphatic rings. The maximum absolute atomic E-state index is 12.2. The molecule has 0 aromatic heterocycles. The first-order valence-corrected chi connectivity index (χ1v) is 3.54. The van der Waals surface area contributed by atoms with Gasteiger partial charge in [-0.15, -0.1) is 0 Å². The first kappa shape index (κ1) is 13.6. The maximum Gasteiger partial charge on any atom is 0.205 e. The molecule has 0 heterocycles. The van der Waals surface area contributed by atoms with Gasteiger partial charge >= 0.3 is 0 Å². The predicted octanol–water partition coefficient (Wildman–Crippen LogP) is 3.25. The molecule has 1 nitrogen and oxygen atoms in total. The lowest BCUT2D eigenvalue weighted by Gasteiger charge is -2.07. The normalized spacial score (nSPS) is 10.9. The Kier molecular flexibility index (Phi) is 6.38. The fourth-order valence-electron chi connectivity index (χ4n) is 0.672. The lowest BCUT2D eigenvalue weighted by Crippen LogP contribution is -2.02. The fourth-order valence-corrected chi connectivity index (χ4v) is 0.672. The largest absolute Gasteiger partial charge is 0.269 e. The molecule has 0 saturated heterocycles. The van der Waals surface area contributed by atoms with Crippen molar-refractivity contribution in [2.75, 3.05) is 0 Å². The van der Waals surface area contributed by atoms with Crippen molar-refractivity contribution in [3.63, 3.8) is 0 Å². The van der Waals surface area contributed by atoms with Crippen LogP contribution in [0, 0.1) is 5.92 Å². The number of hydrogen-bond donors (Lipinski definition) is 0. The summed E-state index contributed by atoms with van der Waals surface area (Å²) in [5.41, 5.74) is 1.47. The molecule has 0 N–H and O–H groups in total. The predicted molar refractivity (Wildman–Crippen MR) is 49.8 cm³/mol. The molecule has 0 aliphatic carbocycles. The zero-order valence-electron chi connectivity index (χ0n) is 7.72. The monoisotopic (exact) mass is 175 g/mol. The smallest absolute Gasteiger partial charge is 0.205 e. The Bertz CT molecular complexity index is 205. The molecule has 0 rings (SSSR count). The summed E-state index contributed by atoms with van der Waals surface area (Å²) in [4.78, 5) is 3.55. The minimum absolute atomic E-state index is 0. The molecule has 0 aromatic carbocycles. The number of nitrogens with zero attached hydrogens (tertiary/aromatic N) is 1. The van der Waals surface area contributed by atoms with Gasteiger partial charge in [-0.1, -0.05) is 20.4 Å². The van der Waals surface area contributed by atoms with Crippen LogP contribution in [0.4, 0.5) is 9.09 Å². The van der Waals surface area contributed by atoms with Gasteiger partial charge in [-0.3, -0.25) is 4.70 Å². The molecule has 12 heavy (non-hydrogen) atoms. The van der Waals surface area contributed by atoms with Gasteiger partial charge < -0.3 is 0 Å². The summed E-state index contributed by atoms with van der Waals surface area (Å²) in [6.45, 7) is 12.5. The molecule has 0 atom stereocenters. The van der Waals surface area contributed by atoms with Crippen LogP contribution in [0.25, 0.3) is 0 Å². The van der Waals surface area contributed by atoms with Gasteiger partial charge in [0.05, 0.1) is 0 Å². The van der Waals surface area contributed by atoms with E-state index in [4.69, 9.17) is 0 Å². The molecule has 0 bridgehead atoms. The summed E-state index contributed by atoms with van der Waals surface area (Å²) in [5.74, 6) is -0.359. The lowest BCUT2D eigenvalue weighted by molar-refractivity contribution is 0.632. The van der Waals surface area contributed by atoms with Crippen molar-refractivity contribution >= 4 is 5.71 Å². The standard InChI is InChI=1S/C9H14FN.FH/c1-6(2)7(3)8(4)11-9(5)10;/h6H,3,5H2,1-2,4H3;1H/b11-8-;. The summed E-state index contributed by atoms with van der Waals surface area (Å²) in [6, 6.07) is 0. The van der Waals surface area contributed by atoms with Crippen LogP contribution in [0.5, 0.6) is 0 Å². The Morgan fingerprint density at radius 3 is 2.00 bits per heavy atom. The Labute approximate surface area is 72.1 Å². The molecule has 0 spiro atoms. The van der Waals surface area contributed by atoms with Gasteiger partial charge in [0.15, 0.2) is 0 Å². The van der Waals surface area contributed by atoms with E-state index in [1.54, 1.807) is 6.92 Å². The molecular formula is C9H15F2N. The Balaban J connectivity index is 0. The quantitative estimate of drug-likeness (QED) is 0.461. The fraction of sp³-hybridized carbons (Fsp3) is 0.444. The average Bonchev–Trinajstić information content (AvgIpc) is 1.84. The first-order chi connectivity index (χ1) is 4.95. The molecule has 0 aromatic rings. The second-order valence-corrected chi connectivity index (χ2v) is 2.75. The van der Waals surface area contributed by atoms with E-state index in [-0.39, 0.29) is 4.70 Å².